The molecule has 0 saturated carbocycles. The largest absolute Gasteiger partial charge is 0.434 e. The normalized spacial score (nSPS) is 11.7. The van der Waals surface area contributed by atoms with Gasteiger partial charge in [-0.05, 0) is 45.2 Å². The van der Waals surface area contributed by atoms with Crippen molar-refractivity contribution in [1.82, 2.24) is 19.5 Å². The number of hydrogen-bond donors (Lipinski definition) is 1. The average Bonchev–Trinajstić information content (AvgIpc) is 2.98. The summed E-state index contributed by atoms with van der Waals surface area (Å²) in [4.78, 5) is 11.3. The van der Waals surface area contributed by atoms with Gasteiger partial charge in [0, 0.05) is 26.0 Å². The number of nitrogens with zero attached hydrogens (tertiary/aromatic N) is 4. The molecule has 2 heterocycles. The maximum atomic E-state index is 14.5. The lowest BCUT2D eigenvalue weighted by Gasteiger charge is -2.09. The molecular formula is C16H11BrClF4N5. The predicted octanol–water partition coefficient (Wildman–Crippen LogP) is 5.06. The van der Waals surface area contributed by atoms with Gasteiger partial charge in [0.25, 0.3) is 0 Å². The summed E-state index contributed by atoms with van der Waals surface area (Å²) >= 11 is 8.99. The Bertz CT molecular complexity index is 989. The van der Waals surface area contributed by atoms with E-state index in [4.69, 9.17) is 11.6 Å². The van der Waals surface area contributed by atoms with Crippen LogP contribution < -0.4 is 5.32 Å². The van der Waals surface area contributed by atoms with Gasteiger partial charge in [-0.3, -0.25) is 0 Å². The Morgan fingerprint density at radius 1 is 1.26 bits per heavy atom. The third-order valence-corrected chi connectivity index (χ3v) is 4.38. The Hall–Kier alpha value is -2.20. The van der Waals surface area contributed by atoms with Gasteiger partial charge >= 0.3 is 6.18 Å². The van der Waals surface area contributed by atoms with Crippen molar-refractivity contribution in [1.29, 1.82) is 0 Å². The van der Waals surface area contributed by atoms with E-state index < -0.39 is 17.7 Å². The lowest BCUT2D eigenvalue weighted by atomic mass is 10.1. The number of nitrogens with one attached hydrogen (secondary N) is 1. The summed E-state index contributed by atoms with van der Waals surface area (Å²) in [5.74, 6) is -0.362. The first-order valence-electron chi connectivity index (χ1n) is 7.46. The molecule has 2 aromatic heterocycles. The molecule has 0 spiro atoms. The molecular weight excluding hydrogens is 454 g/mol. The van der Waals surface area contributed by atoms with Crippen LogP contribution in [0.25, 0.3) is 11.4 Å². The maximum Gasteiger partial charge on any atom is 0.434 e. The zero-order chi connectivity index (χ0) is 19.8. The molecule has 0 saturated heterocycles. The molecule has 27 heavy (non-hydrogen) atoms. The minimum atomic E-state index is -4.59. The Morgan fingerprint density at radius 2 is 2.00 bits per heavy atom. The molecule has 0 radical (unpaired) electrons. The second-order valence-electron chi connectivity index (χ2n) is 5.56. The van der Waals surface area contributed by atoms with Crippen LogP contribution in [0.1, 0.15) is 11.3 Å². The highest BCUT2D eigenvalue weighted by Crippen LogP contribution is 2.31. The fraction of sp³-hybridized carbons (Fsp3) is 0.188. The fourth-order valence-electron chi connectivity index (χ4n) is 2.36. The predicted molar refractivity (Wildman–Crippen MR) is 95.7 cm³/mol. The zero-order valence-electron chi connectivity index (χ0n) is 13.7. The number of alkyl halides is 3. The van der Waals surface area contributed by atoms with E-state index in [0.29, 0.717) is 15.9 Å². The topological polar surface area (TPSA) is 55.6 Å². The molecule has 0 unspecified atom stereocenters. The van der Waals surface area contributed by atoms with Crippen LogP contribution in [-0.4, -0.2) is 19.5 Å². The molecule has 5 nitrogen and oxygen atoms in total. The van der Waals surface area contributed by atoms with E-state index in [0.717, 1.165) is 10.8 Å². The molecule has 0 bridgehead atoms. The summed E-state index contributed by atoms with van der Waals surface area (Å²) < 4.78 is 54.5. The van der Waals surface area contributed by atoms with Gasteiger partial charge in [0.2, 0.25) is 5.28 Å². The smallest absolute Gasteiger partial charge is 0.365 e. The third-order valence-electron chi connectivity index (χ3n) is 3.62. The van der Waals surface area contributed by atoms with E-state index in [1.807, 2.05) is 0 Å². The second kappa shape index (κ2) is 7.43. The van der Waals surface area contributed by atoms with Crippen molar-refractivity contribution in [2.24, 2.45) is 7.05 Å². The lowest BCUT2D eigenvalue weighted by molar-refractivity contribution is -0.140. The van der Waals surface area contributed by atoms with Gasteiger partial charge in [-0.15, -0.1) is 0 Å². The van der Waals surface area contributed by atoms with Gasteiger partial charge in [-0.2, -0.15) is 18.2 Å². The summed E-state index contributed by atoms with van der Waals surface area (Å²) in [7, 11) is 1.38. The molecule has 0 amide bonds. The highest BCUT2D eigenvalue weighted by atomic mass is 79.9. The van der Waals surface area contributed by atoms with Crippen LogP contribution in [0, 0.1) is 5.82 Å². The van der Waals surface area contributed by atoms with Crippen molar-refractivity contribution in [3.05, 3.63) is 57.4 Å². The van der Waals surface area contributed by atoms with Gasteiger partial charge in [-0.1, -0.05) is 6.07 Å². The van der Waals surface area contributed by atoms with Crippen LogP contribution in [0.2, 0.25) is 5.28 Å². The van der Waals surface area contributed by atoms with Crippen LogP contribution in [0.15, 0.2) is 35.1 Å². The Labute approximate surface area is 164 Å². The fourth-order valence-corrected chi connectivity index (χ4v) is 2.82. The third kappa shape index (κ3) is 4.38. The molecule has 1 N–H and O–H groups in total. The summed E-state index contributed by atoms with van der Waals surface area (Å²) in [5.41, 5.74) is -0.540. The number of rotatable bonds is 4. The van der Waals surface area contributed by atoms with Crippen molar-refractivity contribution in [3.8, 4) is 11.4 Å². The van der Waals surface area contributed by atoms with Gasteiger partial charge in [0.15, 0.2) is 5.69 Å². The molecule has 1 aromatic carbocycles. The second-order valence-corrected chi connectivity index (χ2v) is 6.75. The number of anilines is 1. The summed E-state index contributed by atoms with van der Waals surface area (Å²) in [6, 6.07) is 4.20. The van der Waals surface area contributed by atoms with E-state index in [1.165, 1.54) is 25.4 Å². The van der Waals surface area contributed by atoms with E-state index in [9.17, 15) is 17.6 Å². The zero-order valence-corrected chi connectivity index (χ0v) is 16.0. The van der Waals surface area contributed by atoms with E-state index in [-0.39, 0.29) is 23.2 Å². The van der Waals surface area contributed by atoms with Gasteiger partial charge < -0.3 is 9.88 Å². The number of hydrogen-bond acceptors (Lipinski definition) is 4. The summed E-state index contributed by atoms with van der Waals surface area (Å²) in [5, 5.41) is 3.03. The van der Waals surface area contributed by atoms with Crippen LogP contribution in [0.5, 0.6) is 0 Å². The first-order chi connectivity index (χ1) is 12.6. The number of halogens is 6. The minimum Gasteiger partial charge on any atom is -0.365 e. The van der Waals surface area contributed by atoms with Crippen molar-refractivity contribution in [3.63, 3.8) is 0 Å². The SMILES string of the molecule is Cn1cc(C(F)(F)F)nc1-c1ccc(CNc2nc(Cl)ncc2Br)cc1F. The van der Waals surface area contributed by atoms with Crippen molar-refractivity contribution in [2.45, 2.75) is 12.7 Å². The first kappa shape index (κ1) is 19.6. The van der Waals surface area contributed by atoms with Gasteiger partial charge in [0.1, 0.15) is 17.5 Å². The average molecular weight is 465 g/mol. The van der Waals surface area contributed by atoms with Crippen molar-refractivity contribution in [2.75, 3.05) is 5.32 Å². The minimum absolute atomic E-state index is 0.0250. The maximum absolute atomic E-state index is 14.5. The Morgan fingerprint density at radius 3 is 2.63 bits per heavy atom. The van der Waals surface area contributed by atoms with Gasteiger partial charge in [-0.25, -0.2) is 14.4 Å². The number of imidazole rings is 1. The molecule has 3 rings (SSSR count). The summed E-state index contributed by atoms with van der Waals surface area (Å²) in [6.45, 7) is 0.220. The van der Waals surface area contributed by atoms with E-state index in [1.54, 1.807) is 6.07 Å². The quantitative estimate of drug-likeness (QED) is 0.433. The monoisotopic (exact) mass is 463 g/mol. The standard InChI is InChI=1S/C16H11BrClF4N5/c1-27-7-12(16(20,21)22)25-14(27)9-3-2-8(4-11(9)19)5-23-13-10(17)6-24-15(18)26-13/h2-4,6-7H,5H2,1H3,(H,23,24,26). The van der Waals surface area contributed by atoms with Crippen LogP contribution >= 0.6 is 27.5 Å². The van der Waals surface area contributed by atoms with Crippen molar-refractivity contribution < 1.29 is 17.6 Å². The number of aromatic nitrogens is 4. The molecule has 11 heteroatoms. The number of aryl methyl sites for hydroxylation is 1. The molecule has 0 atom stereocenters. The Balaban J connectivity index is 1.82. The molecule has 0 aliphatic heterocycles. The number of benzene rings is 1. The van der Waals surface area contributed by atoms with Gasteiger partial charge in [0.05, 0.1) is 10.0 Å². The molecule has 3 aromatic rings. The van der Waals surface area contributed by atoms with Crippen LogP contribution in [0.3, 0.4) is 0 Å². The van der Waals surface area contributed by atoms with Crippen molar-refractivity contribution >= 4 is 33.3 Å². The first-order valence-corrected chi connectivity index (χ1v) is 8.63. The van der Waals surface area contributed by atoms with E-state index >= 15 is 0 Å². The van der Waals surface area contributed by atoms with Crippen LogP contribution in [0.4, 0.5) is 23.4 Å². The summed E-state index contributed by atoms with van der Waals surface area (Å²) in [6.07, 6.45) is -2.30. The van der Waals surface area contributed by atoms with Crippen LogP contribution in [-0.2, 0) is 19.8 Å². The lowest BCUT2D eigenvalue weighted by Crippen LogP contribution is -2.05. The molecule has 0 aliphatic rings. The molecule has 142 valence electrons. The highest BCUT2D eigenvalue weighted by Gasteiger charge is 2.34. The Kier molecular flexibility index (Phi) is 5.38. The van der Waals surface area contributed by atoms with E-state index in [2.05, 4.69) is 36.2 Å². The highest BCUT2D eigenvalue weighted by molar-refractivity contribution is 9.10. The molecule has 0 fully saturated rings. The molecule has 0 aliphatic carbocycles.